The summed E-state index contributed by atoms with van der Waals surface area (Å²) in [7, 11) is 0. The highest BCUT2D eigenvalue weighted by Gasteiger charge is 2.34. The number of para-hydroxylation sites is 1. The second-order valence-corrected chi connectivity index (χ2v) is 10.9. The van der Waals surface area contributed by atoms with Crippen molar-refractivity contribution < 1.29 is 23.4 Å². The number of halogens is 1. The molecule has 4 rings (SSSR count). The maximum absolute atomic E-state index is 13.7. The minimum atomic E-state index is -0.530. The summed E-state index contributed by atoms with van der Waals surface area (Å²) in [5.74, 6) is 0.780. The molecule has 3 aromatic carbocycles. The summed E-state index contributed by atoms with van der Waals surface area (Å²) in [5.41, 5.74) is 2.26. The van der Waals surface area contributed by atoms with Gasteiger partial charge in [-0.25, -0.2) is 9.18 Å². The van der Waals surface area contributed by atoms with Crippen molar-refractivity contribution in [2.75, 3.05) is 31.6 Å². The molecule has 0 aliphatic carbocycles. The molecule has 1 heterocycles. The first kappa shape index (κ1) is 28.4. The monoisotopic (exact) mass is 534 g/mol. The molecular weight excluding hydrogens is 495 g/mol. The van der Waals surface area contributed by atoms with Crippen molar-refractivity contribution >= 4 is 11.8 Å². The van der Waals surface area contributed by atoms with Gasteiger partial charge >= 0.3 is 6.09 Å². The molecule has 1 saturated heterocycles. The Bertz CT molecular complexity index is 1180. The van der Waals surface area contributed by atoms with Crippen molar-refractivity contribution in [2.45, 2.75) is 57.8 Å². The largest absolute Gasteiger partial charge is 0.494 e. The van der Waals surface area contributed by atoms with Crippen LogP contribution in [0.3, 0.4) is 0 Å². The van der Waals surface area contributed by atoms with E-state index in [2.05, 4.69) is 17.4 Å². The van der Waals surface area contributed by atoms with Gasteiger partial charge in [-0.2, -0.15) is 0 Å². The van der Waals surface area contributed by atoms with Crippen LogP contribution in [0.4, 0.5) is 14.9 Å². The molecule has 1 aliphatic heterocycles. The van der Waals surface area contributed by atoms with Gasteiger partial charge < -0.3 is 24.4 Å². The maximum Gasteiger partial charge on any atom is 0.410 e. The van der Waals surface area contributed by atoms with Crippen LogP contribution in [0.1, 0.15) is 50.7 Å². The topological polar surface area (TPSA) is 60.0 Å². The standard InChI is InChI=1S/C32H39FN2O4/c1-32(2,3)39-31(36)35-19-18-28(30(22-35)34-26-11-5-4-6-12-26)24-14-16-27(17-15-24)38-21-9-20-37-23-25-10-7-8-13-29(25)33/h4-8,10-17,28,30,34H,9,18-23H2,1-3H3. The highest BCUT2D eigenvalue weighted by atomic mass is 19.1. The molecule has 0 aromatic heterocycles. The number of amides is 1. The van der Waals surface area contributed by atoms with Crippen molar-refractivity contribution in [2.24, 2.45) is 0 Å². The van der Waals surface area contributed by atoms with Gasteiger partial charge in [0.2, 0.25) is 0 Å². The highest BCUT2D eigenvalue weighted by Crippen LogP contribution is 2.32. The lowest BCUT2D eigenvalue weighted by Gasteiger charge is -2.40. The van der Waals surface area contributed by atoms with E-state index in [1.807, 2.05) is 63.2 Å². The summed E-state index contributed by atoms with van der Waals surface area (Å²) in [6, 6.07) is 25.0. The van der Waals surface area contributed by atoms with Crippen molar-refractivity contribution in [3.8, 4) is 5.75 Å². The van der Waals surface area contributed by atoms with E-state index in [-0.39, 0.29) is 30.5 Å². The maximum atomic E-state index is 13.7. The summed E-state index contributed by atoms with van der Waals surface area (Å²) < 4.78 is 30.8. The average Bonchev–Trinajstić information content (AvgIpc) is 2.91. The molecule has 2 unspecified atom stereocenters. The molecule has 0 bridgehead atoms. The average molecular weight is 535 g/mol. The summed E-state index contributed by atoms with van der Waals surface area (Å²) in [5, 5.41) is 3.64. The number of piperidine rings is 1. The third-order valence-electron chi connectivity index (χ3n) is 6.62. The minimum Gasteiger partial charge on any atom is -0.494 e. The Morgan fingerprint density at radius 1 is 0.974 bits per heavy atom. The lowest BCUT2D eigenvalue weighted by atomic mass is 9.85. The molecule has 1 amide bonds. The van der Waals surface area contributed by atoms with Crippen molar-refractivity contribution in [3.63, 3.8) is 0 Å². The molecular formula is C32H39FN2O4. The van der Waals surface area contributed by atoms with Crippen LogP contribution in [-0.2, 0) is 16.1 Å². The molecule has 208 valence electrons. The van der Waals surface area contributed by atoms with Crippen molar-refractivity contribution in [3.05, 3.63) is 95.8 Å². The molecule has 7 heteroatoms. The van der Waals surface area contributed by atoms with E-state index in [1.165, 1.54) is 11.6 Å². The van der Waals surface area contributed by atoms with Gasteiger partial charge in [-0.05, 0) is 63.1 Å². The van der Waals surface area contributed by atoms with Gasteiger partial charge in [0.25, 0.3) is 0 Å². The van der Waals surface area contributed by atoms with Gasteiger partial charge in [-0.15, -0.1) is 0 Å². The number of carbonyl (C=O) groups excluding carboxylic acids is 1. The first-order chi connectivity index (χ1) is 18.8. The Hall–Kier alpha value is -3.58. The van der Waals surface area contributed by atoms with Crippen LogP contribution in [0.25, 0.3) is 0 Å². The van der Waals surface area contributed by atoms with Gasteiger partial charge in [0.05, 0.1) is 25.9 Å². The van der Waals surface area contributed by atoms with E-state index < -0.39 is 5.60 Å². The molecule has 0 radical (unpaired) electrons. The second-order valence-electron chi connectivity index (χ2n) is 10.9. The fourth-order valence-electron chi connectivity index (χ4n) is 4.70. The first-order valence-corrected chi connectivity index (χ1v) is 13.6. The molecule has 1 fully saturated rings. The first-order valence-electron chi connectivity index (χ1n) is 13.6. The van der Waals surface area contributed by atoms with Gasteiger partial charge in [0.1, 0.15) is 17.2 Å². The second kappa shape index (κ2) is 13.5. The lowest BCUT2D eigenvalue weighted by Crippen LogP contribution is -2.50. The summed E-state index contributed by atoms with van der Waals surface area (Å²) >= 11 is 0. The number of benzene rings is 3. The zero-order valence-electron chi connectivity index (χ0n) is 23.1. The third-order valence-corrected chi connectivity index (χ3v) is 6.62. The van der Waals surface area contributed by atoms with Gasteiger partial charge in [-0.3, -0.25) is 0 Å². The Morgan fingerprint density at radius 2 is 1.69 bits per heavy atom. The summed E-state index contributed by atoms with van der Waals surface area (Å²) in [6.45, 7) is 8.13. The zero-order valence-corrected chi connectivity index (χ0v) is 23.1. The third kappa shape index (κ3) is 8.72. The number of hydrogen-bond acceptors (Lipinski definition) is 5. The van der Waals surface area contributed by atoms with E-state index in [9.17, 15) is 9.18 Å². The number of anilines is 1. The molecule has 6 nitrogen and oxygen atoms in total. The molecule has 1 aliphatic rings. The van der Waals surface area contributed by atoms with E-state index in [1.54, 1.807) is 23.1 Å². The Morgan fingerprint density at radius 3 is 2.41 bits per heavy atom. The van der Waals surface area contributed by atoms with E-state index >= 15 is 0 Å². The Kier molecular flexibility index (Phi) is 9.82. The molecule has 2 atom stereocenters. The number of likely N-dealkylation sites (tertiary alicyclic amines) is 1. The van der Waals surface area contributed by atoms with E-state index in [0.29, 0.717) is 38.3 Å². The molecule has 0 spiro atoms. The number of carbonyl (C=O) groups is 1. The van der Waals surface area contributed by atoms with Crippen LogP contribution < -0.4 is 10.1 Å². The summed E-state index contributed by atoms with van der Waals surface area (Å²) in [4.78, 5) is 14.6. The van der Waals surface area contributed by atoms with Crippen molar-refractivity contribution in [1.29, 1.82) is 0 Å². The Balaban J connectivity index is 1.31. The van der Waals surface area contributed by atoms with Crippen LogP contribution in [0.5, 0.6) is 5.75 Å². The normalized spacial score (nSPS) is 17.5. The lowest BCUT2D eigenvalue weighted by molar-refractivity contribution is 0.0193. The number of ether oxygens (including phenoxy) is 3. The van der Waals surface area contributed by atoms with Gasteiger partial charge in [-0.1, -0.05) is 48.5 Å². The smallest absolute Gasteiger partial charge is 0.410 e. The predicted molar refractivity (Wildman–Crippen MR) is 152 cm³/mol. The minimum absolute atomic E-state index is 0.0343. The van der Waals surface area contributed by atoms with Crippen LogP contribution in [0.15, 0.2) is 78.9 Å². The van der Waals surface area contributed by atoms with Crippen LogP contribution in [-0.4, -0.2) is 48.9 Å². The number of rotatable bonds is 10. The number of nitrogens with one attached hydrogen (secondary N) is 1. The fraction of sp³-hybridized carbons (Fsp3) is 0.406. The Labute approximate surface area is 231 Å². The van der Waals surface area contributed by atoms with Gasteiger partial charge in [0, 0.05) is 36.7 Å². The van der Waals surface area contributed by atoms with Crippen LogP contribution in [0.2, 0.25) is 0 Å². The predicted octanol–water partition coefficient (Wildman–Crippen LogP) is 7.02. The van der Waals surface area contributed by atoms with E-state index in [0.717, 1.165) is 17.9 Å². The quantitative estimate of drug-likeness (QED) is 0.283. The van der Waals surface area contributed by atoms with Crippen molar-refractivity contribution in [1.82, 2.24) is 4.90 Å². The summed E-state index contributed by atoms with van der Waals surface area (Å²) in [6.07, 6.45) is 1.26. The van der Waals surface area contributed by atoms with Crippen LogP contribution in [0, 0.1) is 5.82 Å². The molecule has 1 N–H and O–H groups in total. The number of nitrogens with zero attached hydrogens (tertiary/aromatic N) is 1. The molecule has 0 saturated carbocycles. The fourth-order valence-corrected chi connectivity index (χ4v) is 4.70. The SMILES string of the molecule is CC(C)(C)OC(=O)N1CCC(c2ccc(OCCCOCc3ccccc3F)cc2)C(Nc2ccccc2)C1. The van der Waals surface area contributed by atoms with E-state index in [4.69, 9.17) is 14.2 Å². The molecule has 3 aromatic rings. The number of hydrogen-bond donors (Lipinski definition) is 1. The van der Waals surface area contributed by atoms with Gasteiger partial charge in [0.15, 0.2) is 0 Å². The highest BCUT2D eigenvalue weighted by molar-refractivity contribution is 5.68. The van der Waals surface area contributed by atoms with Crippen LogP contribution >= 0.6 is 0 Å². The zero-order chi connectivity index (χ0) is 27.7. The molecule has 39 heavy (non-hydrogen) atoms.